The molecule has 0 radical (unpaired) electrons. The van der Waals surface area contributed by atoms with Gasteiger partial charge in [-0.1, -0.05) is 12.1 Å². The molecule has 108 valence electrons. The normalized spacial score (nSPS) is 11.3. The molecule has 0 unspecified atom stereocenters. The summed E-state index contributed by atoms with van der Waals surface area (Å²) in [7, 11) is 0. The van der Waals surface area contributed by atoms with E-state index in [4.69, 9.17) is 5.73 Å². The number of carboxylic acids is 1. The lowest BCUT2D eigenvalue weighted by molar-refractivity contribution is 0.0687. The molecule has 3 aromatic heterocycles. The molecular formula is C14H10N6O2. The van der Waals surface area contributed by atoms with E-state index in [1.807, 2.05) is 28.8 Å². The number of carbonyl (C=O) groups is 1. The lowest BCUT2D eigenvalue weighted by Crippen LogP contribution is -2.08. The molecular weight excluding hydrogens is 284 g/mol. The van der Waals surface area contributed by atoms with Crippen molar-refractivity contribution in [1.82, 2.24) is 24.1 Å². The first-order valence-electron chi connectivity index (χ1n) is 6.46. The van der Waals surface area contributed by atoms with Gasteiger partial charge in [-0.3, -0.25) is 4.57 Å². The van der Waals surface area contributed by atoms with Crippen molar-refractivity contribution in [3.05, 3.63) is 48.4 Å². The Labute approximate surface area is 123 Å². The number of nitrogens with zero attached hydrogens (tertiary/aromatic N) is 5. The number of imidazole rings is 1. The molecule has 0 spiro atoms. The Hall–Kier alpha value is -3.42. The minimum absolute atomic E-state index is 0.00706. The highest BCUT2D eigenvalue weighted by Gasteiger charge is 2.17. The summed E-state index contributed by atoms with van der Waals surface area (Å²) in [6, 6.07) is 10.8. The molecule has 0 bridgehead atoms. The molecule has 3 heterocycles. The number of anilines is 1. The molecule has 4 rings (SSSR count). The predicted octanol–water partition coefficient (Wildman–Crippen LogP) is 1.35. The minimum Gasteiger partial charge on any atom is -0.477 e. The molecule has 0 fully saturated rings. The highest BCUT2D eigenvalue weighted by atomic mass is 16.4. The van der Waals surface area contributed by atoms with Crippen molar-refractivity contribution in [2.45, 2.75) is 0 Å². The van der Waals surface area contributed by atoms with Gasteiger partial charge in [-0.05, 0) is 24.3 Å². The van der Waals surface area contributed by atoms with Crippen LogP contribution in [0.2, 0.25) is 0 Å². The van der Waals surface area contributed by atoms with Gasteiger partial charge >= 0.3 is 5.97 Å². The maximum atomic E-state index is 11.3. The van der Waals surface area contributed by atoms with Gasteiger partial charge in [-0.2, -0.15) is 4.98 Å². The molecule has 1 aromatic carbocycles. The van der Waals surface area contributed by atoms with Crippen LogP contribution in [0.4, 0.5) is 5.95 Å². The molecule has 0 aliphatic heterocycles. The van der Waals surface area contributed by atoms with Crippen molar-refractivity contribution < 1.29 is 9.90 Å². The summed E-state index contributed by atoms with van der Waals surface area (Å²) in [5.74, 6) is -1.09. The van der Waals surface area contributed by atoms with Gasteiger partial charge in [0.2, 0.25) is 5.95 Å². The Morgan fingerprint density at radius 3 is 2.82 bits per heavy atom. The van der Waals surface area contributed by atoms with Gasteiger partial charge in [0.25, 0.3) is 0 Å². The van der Waals surface area contributed by atoms with E-state index < -0.39 is 5.97 Å². The number of nitrogen functional groups attached to an aromatic ring is 1. The van der Waals surface area contributed by atoms with Gasteiger partial charge in [0, 0.05) is 0 Å². The van der Waals surface area contributed by atoms with Gasteiger partial charge in [0.05, 0.1) is 16.7 Å². The molecule has 0 aliphatic rings. The van der Waals surface area contributed by atoms with Crippen LogP contribution in [-0.2, 0) is 0 Å². The maximum absolute atomic E-state index is 11.3. The fourth-order valence-corrected chi connectivity index (χ4v) is 2.47. The molecule has 3 N–H and O–H groups in total. The zero-order valence-corrected chi connectivity index (χ0v) is 11.2. The molecule has 22 heavy (non-hydrogen) atoms. The zero-order chi connectivity index (χ0) is 15.3. The predicted molar refractivity (Wildman–Crippen MR) is 79.0 cm³/mol. The Bertz CT molecular complexity index is 1030. The van der Waals surface area contributed by atoms with Crippen molar-refractivity contribution >= 4 is 28.6 Å². The van der Waals surface area contributed by atoms with Crippen LogP contribution in [0.25, 0.3) is 22.4 Å². The van der Waals surface area contributed by atoms with Crippen LogP contribution in [0.5, 0.6) is 0 Å². The highest BCUT2D eigenvalue weighted by Crippen LogP contribution is 2.22. The summed E-state index contributed by atoms with van der Waals surface area (Å²) in [4.78, 5) is 19.7. The van der Waals surface area contributed by atoms with E-state index >= 15 is 0 Å². The van der Waals surface area contributed by atoms with Crippen molar-refractivity contribution in [3.63, 3.8) is 0 Å². The van der Waals surface area contributed by atoms with Gasteiger partial charge in [0.15, 0.2) is 11.3 Å². The molecule has 0 saturated heterocycles. The number of nitrogens with two attached hydrogens (primary N) is 1. The molecule has 0 amide bonds. The van der Waals surface area contributed by atoms with E-state index in [1.54, 1.807) is 12.4 Å². The van der Waals surface area contributed by atoms with E-state index in [9.17, 15) is 9.90 Å². The Balaban J connectivity index is 2.08. The van der Waals surface area contributed by atoms with Gasteiger partial charge < -0.3 is 10.8 Å². The number of para-hydroxylation sites is 2. The van der Waals surface area contributed by atoms with Gasteiger partial charge in [0.1, 0.15) is 6.33 Å². The third-order valence-electron chi connectivity index (χ3n) is 3.41. The average molecular weight is 294 g/mol. The van der Waals surface area contributed by atoms with Crippen LogP contribution in [0.3, 0.4) is 0 Å². The van der Waals surface area contributed by atoms with Crippen LogP contribution in [0, 0.1) is 0 Å². The van der Waals surface area contributed by atoms with Crippen LogP contribution < -0.4 is 5.73 Å². The molecule has 0 saturated carbocycles. The third-order valence-corrected chi connectivity index (χ3v) is 3.41. The van der Waals surface area contributed by atoms with Gasteiger partial charge in [-0.25, -0.2) is 14.3 Å². The van der Waals surface area contributed by atoms with Crippen molar-refractivity contribution in [2.75, 3.05) is 5.73 Å². The van der Waals surface area contributed by atoms with Crippen LogP contribution in [0.1, 0.15) is 10.5 Å². The first-order valence-corrected chi connectivity index (χ1v) is 6.46. The SMILES string of the molecule is Nc1nc2c(-n3cnc4ccccc43)ccc(C(=O)O)n2n1. The van der Waals surface area contributed by atoms with Gasteiger partial charge in [-0.15, -0.1) is 5.10 Å². The van der Waals surface area contributed by atoms with E-state index in [-0.39, 0.29) is 11.6 Å². The molecule has 4 aromatic rings. The number of benzene rings is 1. The molecule has 8 nitrogen and oxygen atoms in total. The maximum Gasteiger partial charge on any atom is 0.354 e. The molecule has 8 heteroatoms. The van der Waals surface area contributed by atoms with Crippen LogP contribution in [-0.4, -0.2) is 35.2 Å². The molecule has 0 atom stereocenters. The quantitative estimate of drug-likeness (QED) is 0.577. The third kappa shape index (κ3) is 1.64. The summed E-state index contributed by atoms with van der Waals surface area (Å²) in [6.45, 7) is 0. The number of aromatic carboxylic acids is 1. The summed E-state index contributed by atoms with van der Waals surface area (Å²) in [5, 5.41) is 13.2. The fourth-order valence-electron chi connectivity index (χ4n) is 2.47. The minimum atomic E-state index is -1.10. The topological polar surface area (TPSA) is 111 Å². The molecule has 0 aliphatic carbocycles. The number of rotatable bonds is 2. The van der Waals surface area contributed by atoms with Crippen LogP contribution in [0.15, 0.2) is 42.7 Å². The number of hydrogen-bond acceptors (Lipinski definition) is 5. The standard InChI is InChI=1S/C14H10N6O2/c15-14-17-12-10(5-6-11(13(21)22)20(12)18-14)19-7-16-8-3-1-2-4-9(8)19/h1-7H,(H2,15,18)(H,21,22). The smallest absolute Gasteiger partial charge is 0.354 e. The monoisotopic (exact) mass is 294 g/mol. The number of carboxylic acid groups (broad SMARTS) is 1. The lowest BCUT2D eigenvalue weighted by atomic mass is 10.3. The van der Waals surface area contributed by atoms with Crippen molar-refractivity contribution in [3.8, 4) is 5.69 Å². The highest BCUT2D eigenvalue weighted by molar-refractivity contribution is 5.88. The average Bonchev–Trinajstić information content (AvgIpc) is 3.08. The lowest BCUT2D eigenvalue weighted by Gasteiger charge is -2.07. The largest absolute Gasteiger partial charge is 0.477 e. The number of aromatic nitrogens is 5. The van der Waals surface area contributed by atoms with Crippen LogP contribution >= 0.6 is 0 Å². The summed E-state index contributed by atoms with van der Waals surface area (Å²) >= 11 is 0. The first-order chi connectivity index (χ1) is 10.6. The fraction of sp³-hybridized carbons (Fsp3) is 0. The van der Waals surface area contributed by atoms with Crippen molar-refractivity contribution in [1.29, 1.82) is 0 Å². The Morgan fingerprint density at radius 2 is 2.00 bits per heavy atom. The van der Waals surface area contributed by atoms with Crippen molar-refractivity contribution in [2.24, 2.45) is 0 Å². The number of hydrogen-bond donors (Lipinski definition) is 2. The van der Waals surface area contributed by atoms with E-state index in [1.165, 1.54) is 10.6 Å². The second-order valence-electron chi connectivity index (χ2n) is 4.72. The summed E-state index contributed by atoms with van der Waals surface area (Å²) in [6.07, 6.45) is 1.66. The Morgan fingerprint density at radius 1 is 1.18 bits per heavy atom. The Kier molecular flexibility index (Phi) is 2.40. The zero-order valence-electron chi connectivity index (χ0n) is 11.2. The van der Waals surface area contributed by atoms with E-state index in [2.05, 4.69) is 15.1 Å². The second-order valence-corrected chi connectivity index (χ2v) is 4.72. The summed E-state index contributed by atoms with van der Waals surface area (Å²) < 4.78 is 3.05. The second kappa shape index (κ2) is 4.29. The number of fused-ring (bicyclic) bond motifs is 2. The van der Waals surface area contributed by atoms with E-state index in [0.717, 1.165) is 11.0 Å². The first kappa shape index (κ1) is 12.3. The van der Waals surface area contributed by atoms with E-state index in [0.29, 0.717) is 11.3 Å². The number of pyridine rings is 1. The summed E-state index contributed by atoms with van der Waals surface area (Å²) in [5.41, 5.74) is 8.36.